The molecule has 0 unspecified atom stereocenters. The van der Waals surface area contributed by atoms with Gasteiger partial charge in [0.05, 0.1) is 6.54 Å². The van der Waals surface area contributed by atoms with Crippen molar-refractivity contribution in [3.63, 3.8) is 0 Å². The molecule has 0 spiro atoms. The Morgan fingerprint density at radius 3 is 2.67 bits per heavy atom. The van der Waals surface area contributed by atoms with E-state index in [4.69, 9.17) is 0 Å². The van der Waals surface area contributed by atoms with Crippen molar-refractivity contribution in [2.45, 2.75) is 39.4 Å². The molecule has 2 aromatic rings. The molecule has 0 aromatic carbocycles. The second kappa shape index (κ2) is 6.22. The SMILES string of the molecule is CN(Cc1ncc[nH]1)c1nccc(CNC(C)(C)C)c1F. The van der Waals surface area contributed by atoms with Crippen molar-refractivity contribution in [2.75, 3.05) is 11.9 Å². The van der Waals surface area contributed by atoms with Crippen LogP contribution < -0.4 is 10.2 Å². The van der Waals surface area contributed by atoms with E-state index in [1.807, 2.05) is 0 Å². The van der Waals surface area contributed by atoms with Crippen LogP contribution in [-0.4, -0.2) is 27.5 Å². The predicted molar refractivity (Wildman–Crippen MR) is 81.5 cm³/mol. The van der Waals surface area contributed by atoms with Crippen LogP contribution in [0.2, 0.25) is 0 Å². The first kappa shape index (κ1) is 15.4. The fourth-order valence-corrected chi connectivity index (χ4v) is 1.92. The molecule has 5 nitrogen and oxygen atoms in total. The molecular weight excluding hydrogens is 269 g/mol. The summed E-state index contributed by atoms with van der Waals surface area (Å²) in [7, 11) is 1.80. The van der Waals surface area contributed by atoms with Crippen LogP contribution in [0.25, 0.3) is 0 Å². The molecule has 2 rings (SSSR count). The van der Waals surface area contributed by atoms with Crippen LogP contribution >= 0.6 is 0 Å². The van der Waals surface area contributed by atoms with Crippen molar-refractivity contribution in [2.24, 2.45) is 0 Å². The zero-order valence-corrected chi connectivity index (χ0v) is 12.9. The van der Waals surface area contributed by atoms with Crippen molar-refractivity contribution < 1.29 is 4.39 Å². The van der Waals surface area contributed by atoms with Gasteiger partial charge in [0.1, 0.15) is 5.82 Å². The van der Waals surface area contributed by atoms with Gasteiger partial charge in [0.25, 0.3) is 0 Å². The number of aromatic amines is 1. The minimum atomic E-state index is -0.289. The van der Waals surface area contributed by atoms with Crippen LogP contribution in [-0.2, 0) is 13.1 Å². The number of rotatable bonds is 5. The molecule has 0 aliphatic carbocycles. The predicted octanol–water partition coefficient (Wildman–Crippen LogP) is 2.47. The van der Waals surface area contributed by atoms with Gasteiger partial charge in [-0.15, -0.1) is 0 Å². The third-order valence-electron chi connectivity index (χ3n) is 3.06. The summed E-state index contributed by atoms with van der Waals surface area (Å²) in [4.78, 5) is 13.0. The second-order valence-electron chi connectivity index (χ2n) is 6.10. The molecule has 114 valence electrons. The summed E-state index contributed by atoms with van der Waals surface area (Å²) in [5, 5.41) is 3.29. The molecule has 0 amide bonds. The number of H-pyrrole nitrogens is 1. The summed E-state index contributed by atoms with van der Waals surface area (Å²) in [5.74, 6) is 0.819. The molecule has 2 aromatic heterocycles. The maximum absolute atomic E-state index is 14.6. The third-order valence-corrected chi connectivity index (χ3v) is 3.06. The van der Waals surface area contributed by atoms with Crippen LogP contribution in [0.5, 0.6) is 0 Å². The number of nitrogens with one attached hydrogen (secondary N) is 2. The number of anilines is 1. The Hall–Kier alpha value is -1.95. The van der Waals surface area contributed by atoms with E-state index in [-0.39, 0.29) is 11.4 Å². The number of hydrogen-bond acceptors (Lipinski definition) is 4. The molecule has 6 heteroatoms. The highest BCUT2D eigenvalue weighted by atomic mass is 19.1. The summed E-state index contributed by atoms with van der Waals surface area (Å²) in [5.41, 5.74) is 0.553. The van der Waals surface area contributed by atoms with Crippen molar-refractivity contribution in [3.05, 3.63) is 41.9 Å². The molecule has 0 saturated carbocycles. The van der Waals surface area contributed by atoms with E-state index in [1.54, 1.807) is 36.6 Å². The van der Waals surface area contributed by atoms with Gasteiger partial charge in [0.15, 0.2) is 11.6 Å². The molecule has 21 heavy (non-hydrogen) atoms. The fourth-order valence-electron chi connectivity index (χ4n) is 1.92. The molecule has 0 aliphatic heterocycles. The van der Waals surface area contributed by atoms with E-state index in [1.165, 1.54) is 0 Å². The Kier molecular flexibility index (Phi) is 4.57. The molecule has 2 heterocycles. The van der Waals surface area contributed by atoms with E-state index in [9.17, 15) is 4.39 Å². The van der Waals surface area contributed by atoms with Gasteiger partial charge in [0.2, 0.25) is 0 Å². The number of pyridine rings is 1. The Morgan fingerprint density at radius 2 is 2.05 bits per heavy atom. The molecule has 0 aliphatic rings. The van der Waals surface area contributed by atoms with Gasteiger partial charge >= 0.3 is 0 Å². The first-order valence-corrected chi connectivity index (χ1v) is 6.94. The van der Waals surface area contributed by atoms with Crippen molar-refractivity contribution in [3.8, 4) is 0 Å². The Morgan fingerprint density at radius 1 is 1.29 bits per heavy atom. The number of halogens is 1. The summed E-state index contributed by atoms with van der Waals surface area (Å²) >= 11 is 0. The first-order valence-electron chi connectivity index (χ1n) is 6.94. The van der Waals surface area contributed by atoms with Gasteiger partial charge in [-0.1, -0.05) is 0 Å². The van der Waals surface area contributed by atoms with Gasteiger partial charge < -0.3 is 15.2 Å². The lowest BCUT2D eigenvalue weighted by Gasteiger charge is -2.22. The minimum Gasteiger partial charge on any atom is -0.350 e. The quantitative estimate of drug-likeness (QED) is 0.888. The third kappa shape index (κ3) is 4.26. The van der Waals surface area contributed by atoms with Gasteiger partial charge in [-0.05, 0) is 26.8 Å². The van der Waals surface area contributed by atoms with Gasteiger partial charge in [0, 0.05) is 43.3 Å². The van der Waals surface area contributed by atoms with Gasteiger partial charge in [-0.25, -0.2) is 14.4 Å². The number of imidazole rings is 1. The normalized spacial score (nSPS) is 11.7. The Labute approximate surface area is 124 Å². The average molecular weight is 291 g/mol. The van der Waals surface area contributed by atoms with Crippen LogP contribution in [0, 0.1) is 5.82 Å². The van der Waals surface area contributed by atoms with Crippen LogP contribution in [0.4, 0.5) is 10.2 Å². The van der Waals surface area contributed by atoms with Gasteiger partial charge in [-0.3, -0.25) is 0 Å². The Bertz CT molecular complexity index is 574. The average Bonchev–Trinajstić information content (AvgIpc) is 2.89. The van der Waals surface area contributed by atoms with E-state index in [0.29, 0.717) is 24.5 Å². The highest BCUT2D eigenvalue weighted by Crippen LogP contribution is 2.20. The second-order valence-corrected chi connectivity index (χ2v) is 6.10. The lowest BCUT2D eigenvalue weighted by molar-refractivity contribution is 0.418. The molecular formula is C15H22FN5. The van der Waals surface area contributed by atoms with Crippen LogP contribution in [0.1, 0.15) is 32.2 Å². The smallest absolute Gasteiger partial charge is 0.170 e. The molecule has 0 saturated heterocycles. The van der Waals surface area contributed by atoms with E-state index < -0.39 is 0 Å². The monoisotopic (exact) mass is 291 g/mol. The number of aromatic nitrogens is 3. The van der Waals surface area contributed by atoms with E-state index in [0.717, 1.165) is 5.82 Å². The highest BCUT2D eigenvalue weighted by Gasteiger charge is 2.16. The lowest BCUT2D eigenvalue weighted by Crippen LogP contribution is -2.35. The maximum Gasteiger partial charge on any atom is 0.170 e. The zero-order chi connectivity index (χ0) is 15.5. The molecule has 0 radical (unpaired) electrons. The molecule has 0 atom stereocenters. The summed E-state index contributed by atoms with van der Waals surface area (Å²) in [6, 6.07) is 1.71. The number of nitrogens with zero attached hydrogens (tertiary/aromatic N) is 3. The summed E-state index contributed by atoms with van der Waals surface area (Å²) in [6.07, 6.45) is 5.06. The standard InChI is InChI=1S/C15H22FN5/c1-15(2,3)20-9-11-5-6-19-14(13(11)16)21(4)10-12-17-7-8-18-12/h5-8,20H,9-10H2,1-4H3,(H,17,18). The molecule has 0 bridgehead atoms. The van der Waals surface area contributed by atoms with Crippen LogP contribution in [0.15, 0.2) is 24.7 Å². The molecule has 0 fully saturated rings. The molecule has 2 N–H and O–H groups in total. The van der Waals surface area contributed by atoms with E-state index in [2.05, 4.69) is 41.0 Å². The summed E-state index contributed by atoms with van der Waals surface area (Å²) < 4.78 is 14.6. The first-order chi connectivity index (χ1) is 9.87. The largest absolute Gasteiger partial charge is 0.350 e. The maximum atomic E-state index is 14.6. The summed E-state index contributed by atoms with van der Waals surface area (Å²) in [6.45, 7) is 7.11. The van der Waals surface area contributed by atoms with Crippen molar-refractivity contribution >= 4 is 5.82 Å². The number of hydrogen-bond donors (Lipinski definition) is 2. The lowest BCUT2D eigenvalue weighted by atomic mass is 10.1. The van der Waals surface area contributed by atoms with E-state index >= 15 is 0 Å². The minimum absolute atomic E-state index is 0.0596. The van der Waals surface area contributed by atoms with Gasteiger partial charge in [-0.2, -0.15) is 0 Å². The van der Waals surface area contributed by atoms with Crippen LogP contribution in [0.3, 0.4) is 0 Å². The Balaban J connectivity index is 2.13. The van der Waals surface area contributed by atoms with Crippen molar-refractivity contribution in [1.29, 1.82) is 0 Å². The zero-order valence-electron chi connectivity index (χ0n) is 12.9. The topological polar surface area (TPSA) is 56.8 Å². The highest BCUT2D eigenvalue weighted by molar-refractivity contribution is 5.42. The fraction of sp³-hybridized carbons (Fsp3) is 0.467. The van der Waals surface area contributed by atoms with Crippen molar-refractivity contribution in [1.82, 2.24) is 20.3 Å².